The van der Waals surface area contributed by atoms with Crippen molar-refractivity contribution in [1.82, 2.24) is 4.90 Å². The molecule has 6 N–H and O–H groups in total. The second-order valence-corrected chi connectivity index (χ2v) is 8.30. The van der Waals surface area contributed by atoms with E-state index in [4.69, 9.17) is 22.4 Å². The van der Waals surface area contributed by atoms with Gasteiger partial charge in [-0.1, -0.05) is 13.8 Å². The Bertz CT molecular complexity index is 831. The molecule has 0 saturated carbocycles. The first-order valence-electron chi connectivity index (χ1n) is 10.3. The van der Waals surface area contributed by atoms with Crippen LogP contribution in [0.1, 0.15) is 38.8 Å². The number of hydrogen-bond donors (Lipinski definition) is 4. The third kappa shape index (κ3) is 5.44. The monoisotopic (exact) mass is 415 g/mol. The number of piperazine rings is 1. The third-order valence-corrected chi connectivity index (χ3v) is 5.63. The normalized spacial score (nSPS) is 20.9. The summed E-state index contributed by atoms with van der Waals surface area (Å²) in [6, 6.07) is 3.64. The van der Waals surface area contributed by atoms with Crippen molar-refractivity contribution >= 4 is 11.5 Å². The fourth-order valence-corrected chi connectivity index (χ4v) is 3.99. The number of halogens is 1. The Morgan fingerprint density at radius 3 is 2.60 bits per heavy atom. The van der Waals surface area contributed by atoms with Crippen LogP contribution < -0.4 is 16.4 Å². The van der Waals surface area contributed by atoms with Gasteiger partial charge in [0, 0.05) is 37.4 Å². The van der Waals surface area contributed by atoms with Crippen LogP contribution in [0.3, 0.4) is 0 Å². The van der Waals surface area contributed by atoms with Gasteiger partial charge >= 0.3 is 0 Å². The lowest BCUT2D eigenvalue weighted by Gasteiger charge is -2.46. The minimum Gasteiger partial charge on any atom is -0.405 e. The fourth-order valence-electron chi connectivity index (χ4n) is 3.99. The molecule has 0 spiro atoms. The van der Waals surface area contributed by atoms with Crippen molar-refractivity contribution in [3.63, 3.8) is 0 Å². The van der Waals surface area contributed by atoms with Crippen molar-refractivity contribution in [2.24, 2.45) is 22.5 Å². The van der Waals surface area contributed by atoms with Crippen molar-refractivity contribution in [3.05, 3.63) is 53.1 Å². The molecular weight excluding hydrogens is 381 g/mol. The smallest absolute Gasteiger partial charge is 0.178 e. The van der Waals surface area contributed by atoms with Gasteiger partial charge in [0.2, 0.25) is 0 Å². The number of nitrogens with one attached hydrogen (secondary N) is 2. The first-order chi connectivity index (χ1) is 14.2. The van der Waals surface area contributed by atoms with E-state index in [1.54, 1.807) is 12.2 Å². The average Bonchev–Trinajstić information content (AvgIpc) is 2.68. The lowest BCUT2D eigenvalue weighted by molar-refractivity contribution is 0.171. The van der Waals surface area contributed by atoms with Crippen LogP contribution in [-0.4, -0.2) is 42.5 Å². The van der Waals surface area contributed by atoms with Gasteiger partial charge in [0.25, 0.3) is 0 Å². The zero-order valence-electron chi connectivity index (χ0n) is 18.3. The molecule has 8 heteroatoms. The maximum absolute atomic E-state index is 15.0. The van der Waals surface area contributed by atoms with Crippen LogP contribution in [0, 0.1) is 22.7 Å². The molecule has 0 aromatic heterocycles. The van der Waals surface area contributed by atoms with Crippen molar-refractivity contribution in [2.45, 2.75) is 46.2 Å². The highest BCUT2D eigenvalue weighted by molar-refractivity contribution is 6.02. The van der Waals surface area contributed by atoms with Gasteiger partial charge in [-0.2, -0.15) is 0 Å². The minimum atomic E-state index is -0.493. The van der Waals surface area contributed by atoms with Crippen molar-refractivity contribution in [2.75, 3.05) is 24.5 Å². The summed E-state index contributed by atoms with van der Waals surface area (Å²) in [7, 11) is 0. The zero-order valence-corrected chi connectivity index (χ0v) is 18.3. The molecule has 1 aliphatic heterocycles. The SMILES string of the molecule is CC(C)Cc1cc(F)c(C(=N)N=N)c(N2CCN(C/C(N)=C/C=C\N)C(C)C2C)c1. The highest BCUT2D eigenvalue weighted by Crippen LogP contribution is 2.32. The molecule has 7 nitrogen and oxygen atoms in total. The first kappa shape index (κ1) is 23.5. The molecule has 1 aliphatic rings. The summed E-state index contributed by atoms with van der Waals surface area (Å²) < 4.78 is 15.0. The molecule has 2 atom stereocenters. The average molecular weight is 416 g/mol. The first-order valence-corrected chi connectivity index (χ1v) is 10.3. The van der Waals surface area contributed by atoms with E-state index in [-0.39, 0.29) is 23.5 Å². The number of nitrogens with two attached hydrogens (primary N) is 2. The predicted octanol–water partition coefficient (Wildman–Crippen LogP) is 3.59. The number of benzene rings is 1. The summed E-state index contributed by atoms with van der Waals surface area (Å²) in [6.45, 7) is 10.4. The second kappa shape index (κ2) is 10.3. The van der Waals surface area contributed by atoms with E-state index in [9.17, 15) is 4.39 Å². The standard InChI is InChI=1S/C22H34FN7/c1-14(2)10-17-11-19(23)21(22(26)28-27)20(12-17)30-9-8-29(15(3)16(30)4)13-18(25)6-5-7-24/h5-7,11-12,14-16,26-27H,8-10,13,24-25H2,1-4H3/b7-5-,18-6-,26-22?,28-27?. The van der Waals surface area contributed by atoms with E-state index in [1.807, 2.05) is 6.07 Å². The third-order valence-electron chi connectivity index (χ3n) is 5.63. The van der Waals surface area contributed by atoms with E-state index in [0.29, 0.717) is 24.7 Å². The topological polar surface area (TPSA) is 119 Å². The van der Waals surface area contributed by atoms with Gasteiger partial charge in [0.05, 0.1) is 11.3 Å². The summed E-state index contributed by atoms with van der Waals surface area (Å²) >= 11 is 0. The maximum Gasteiger partial charge on any atom is 0.178 e. The number of hydrogen-bond acceptors (Lipinski definition) is 6. The van der Waals surface area contributed by atoms with Crippen LogP contribution in [0.5, 0.6) is 0 Å². The van der Waals surface area contributed by atoms with E-state index in [0.717, 1.165) is 24.2 Å². The lowest BCUT2D eigenvalue weighted by atomic mass is 9.96. The van der Waals surface area contributed by atoms with Crippen LogP contribution in [0.2, 0.25) is 0 Å². The van der Waals surface area contributed by atoms with Crippen LogP contribution in [0.4, 0.5) is 10.1 Å². The van der Waals surface area contributed by atoms with Gasteiger partial charge < -0.3 is 16.4 Å². The molecule has 164 valence electrons. The van der Waals surface area contributed by atoms with Crippen LogP contribution in [0.25, 0.3) is 0 Å². The molecule has 1 fully saturated rings. The van der Waals surface area contributed by atoms with Gasteiger partial charge in [0.1, 0.15) is 5.82 Å². The van der Waals surface area contributed by atoms with Crippen LogP contribution in [-0.2, 0) is 6.42 Å². The number of rotatable bonds is 7. The molecule has 2 unspecified atom stereocenters. The molecule has 1 heterocycles. The summed E-state index contributed by atoms with van der Waals surface area (Å²) in [5.74, 6) is -0.470. The Kier molecular flexibility index (Phi) is 8.11. The summed E-state index contributed by atoms with van der Waals surface area (Å²) in [5, 5.41) is 11.2. The molecular formula is C22H34FN7. The number of nitrogens with zero attached hydrogens (tertiary/aromatic N) is 3. The highest BCUT2D eigenvalue weighted by atomic mass is 19.1. The Morgan fingerprint density at radius 1 is 1.30 bits per heavy atom. The molecule has 0 amide bonds. The number of amidine groups is 1. The predicted molar refractivity (Wildman–Crippen MR) is 120 cm³/mol. The van der Waals surface area contributed by atoms with Crippen LogP contribution >= 0.6 is 0 Å². The van der Waals surface area contributed by atoms with Crippen LogP contribution in [0.15, 0.2) is 41.3 Å². The number of anilines is 1. The minimum absolute atomic E-state index is 0.0579. The molecule has 1 saturated heterocycles. The van der Waals surface area contributed by atoms with E-state index < -0.39 is 5.82 Å². The van der Waals surface area contributed by atoms with E-state index in [2.05, 4.69) is 42.6 Å². The van der Waals surface area contributed by atoms with Gasteiger partial charge in [-0.3, -0.25) is 10.3 Å². The molecule has 1 aromatic rings. The zero-order chi connectivity index (χ0) is 22.4. The summed E-state index contributed by atoms with van der Waals surface area (Å²) in [6.07, 6.45) is 5.70. The molecule has 0 aliphatic carbocycles. The molecule has 1 aromatic carbocycles. The van der Waals surface area contributed by atoms with E-state index >= 15 is 0 Å². The summed E-state index contributed by atoms with van der Waals surface area (Å²) in [5.41, 5.74) is 21.1. The van der Waals surface area contributed by atoms with Crippen molar-refractivity contribution in [3.8, 4) is 0 Å². The number of allylic oxidation sites excluding steroid dienone is 2. The Morgan fingerprint density at radius 2 is 2.00 bits per heavy atom. The van der Waals surface area contributed by atoms with Gasteiger partial charge in [-0.25, -0.2) is 9.92 Å². The lowest BCUT2D eigenvalue weighted by Crippen LogP contribution is -2.58. The van der Waals surface area contributed by atoms with Crippen molar-refractivity contribution < 1.29 is 4.39 Å². The van der Waals surface area contributed by atoms with Gasteiger partial charge in [0.15, 0.2) is 5.84 Å². The quantitative estimate of drug-likeness (QED) is 0.235. The molecule has 0 bridgehead atoms. The maximum atomic E-state index is 15.0. The van der Waals surface area contributed by atoms with Gasteiger partial charge in [-0.15, -0.1) is 5.11 Å². The molecule has 2 rings (SSSR count). The largest absolute Gasteiger partial charge is 0.405 e. The highest BCUT2D eigenvalue weighted by Gasteiger charge is 2.33. The van der Waals surface area contributed by atoms with Gasteiger partial charge in [-0.05, 0) is 62.2 Å². The molecule has 30 heavy (non-hydrogen) atoms. The second-order valence-electron chi connectivity index (χ2n) is 8.30. The Balaban J connectivity index is 2.37. The van der Waals surface area contributed by atoms with E-state index in [1.165, 1.54) is 12.3 Å². The Hall–Kier alpha value is -2.74. The Labute approximate surface area is 178 Å². The van der Waals surface area contributed by atoms with Crippen molar-refractivity contribution in [1.29, 1.82) is 10.9 Å². The molecule has 0 radical (unpaired) electrons. The summed E-state index contributed by atoms with van der Waals surface area (Å²) in [4.78, 5) is 4.41. The fraction of sp³-hybridized carbons (Fsp3) is 0.500.